The number of carbonyl (C=O) groups excluding carboxylic acids is 1. The molecular weight excluding hydrogens is 228 g/mol. The van der Waals surface area contributed by atoms with Gasteiger partial charge in [0.05, 0.1) is 11.3 Å². The van der Waals surface area contributed by atoms with Crippen LogP contribution < -0.4 is 0 Å². The standard InChI is InChI=1S/C7H7ClN2O3S/c1-4-5(6(8)11)3-9-7(10-4)14(2,12)13/h3H,1-2H3. The third kappa shape index (κ3) is 2.27. The molecule has 5 nitrogen and oxygen atoms in total. The Morgan fingerprint density at radius 1 is 1.50 bits per heavy atom. The van der Waals surface area contributed by atoms with Crippen LogP contribution in [0, 0.1) is 6.92 Å². The lowest BCUT2D eigenvalue weighted by Gasteiger charge is -2.00. The van der Waals surface area contributed by atoms with Crippen molar-refractivity contribution in [3.8, 4) is 0 Å². The monoisotopic (exact) mass is 234 g/mol. The predicted molar refractivity (Wildman–Crippen MR) is 50.1 cm³/mol. The van der Waals surface area contributed by atoms with Crippen molar-refractivity contribution in [1.29, 1.82) is 0 Å². The van der Waals surface area contributed by atoms with E-state index >= 15 is 0 Å². The van der Waals surface area contributed by atoms with Gasteiger partial charge in [0, 0.05) is 12.5 Å². The van der Waals surface area contributed by atoms with Gasteiger partial charge in [-0.25, -0.2) is 18.4 Å². The van der Waals surface area contributed by atoms with Gasteiger partial charge in [-0.2, -0.15) is 0 Å². The van der Waals surface area contributed by atoms with Gasteiger partial charge in [-0.15, -0.1) is 0 Å². The Bertz CT molecular complexity index is 484. The second-order valence-corrected chi connectivity index (χ2v) is 4.95. The van der Waals surface area contributed by atoms with Crippen molar-refractivity contribution in [3.05, 3.63) is 17.5 Å². The molecule has 0 N–H and O–H groups in total. The average molecular weight is 235 g/mol. The summed E-state index contributed by atoms with van der Waals surface area (Å²) in [4.78, 5) is 18.0. The normalized spacial score (nSPS) is 11.4. The summed E-state index contributed by atoms with van der Waals surface area (Å²) >= 11 is 5.21. The molecule has 1 aromatic heterocycles. The molecule has 0 fully saturated rings. The molecule has 0 atom stereocenters. The first-order valence-electron chi connectivity index (χ1n) is 3.56. The highest BCUT2D eigenvalue weighted by Crippen LogP contribution is 2.09. The lowest BCUT2D eigenvalue weighted by Crippen LogP contribution is -2.08. The van der Waals surface area contributed by atoms with Crippen molar-refractivity contribution in [1.82, 2.24) is 9.97 Å². The van der Waals surface area contributed by atoms with E-state index < -0.39 is 15.1 Å². The van der Waals surface area contributed by atoms with Crippen molar-refractivity contribution in [2.75, 3.05) is 6.26 Å². The minimum Gasteiger partial charge on any atom is -0.275 e. The highest BCUT2D eigenvalue weighted by atomic mass is 35.5. The van der Waals surface area contributed by atoms with Crippen LogP contribution in [0.2, 0.25) is 0 Å². The van der Waals surface area contributed by atoms with E-state index in [1.165, 1.54) is 6.92 Å². The summed E-state index contributed by atoms with van der Waals surface area (Å²) in [5.74, 6) is 0. The van der Waals surface area contributed by atoms with Gasteiger partial charge in [0.1, 0.15) is 0 Å². The molecule has 0 aliphatic carbocycles. The minimum atomic E-state index is -3.44. The second kappa shape index (κ2) is 3.62. The number of hydrogen-bond donors (Lipinski definition) is 0. The molecule has 1 heterocycles. The van der Waals surface area contributed by atoms with Crippen LogP contribution >= 0.6 is 11.6 Å². The molecule has 76 valence electrons. The fraction of sp³-hybridized carbons (Fsp3) is 0.286. The third-order valence-corrected chi connectivity index (χ3v) is 2.56. The largest absolute Gasteiger partial charge is 0.275 e. The quantitative estimate of drug-likeness (QED) is 0.552. The molecule has 0 aromatic carbocycles. The summed E-state index contributed by atoms with van der Waals surface area (Å²) in [6.07, 6.45) is 2.10. The van der Waals surface area contributed by atoms with E-state index in [2.05, 4.69) is 9.97 Å². The molecule has 7 heteroatoms. The molecule has 0 aliphatic heterocycles. The number of nitrogens with zero attached hydrogens (tertiary/aromatic N) is 2. The molecule has 0 saturated carbocycles. The number of aromatic nitrogens is 2. The van der Waals surface area contributed by atoms with Crippen molar-refractivity contribution in [2.24, 2.45) is 0 Å². The Hall–Kier alpha value is -1.01. The topological polar surface area (TPSA) is 77.0 Å². The van der Waals surface area contributed by atoms with E-state index in [0.29, 0.717) is 0 Å². The Balaban J connectivity index is 3.34. The number of hydrogen-bond acceptors (Lipinski definition) is 5. The van der Waals surface area contributed by atoms with Gasteiger partial charge >= 0.3 is 0 Å². The zero-order chi connectivity index (χ0) is 10.9. The summed E-state index contributed by atoms with van der Waals surface area (Å²) in [6, 6.07) is 0. The predicted octanol–water partition coefficient (Wildman–Crippen LogP) is 0.568. The number of aryl methyl sites for hydroxylation is 1. The van der Waals surface area contributed by atoms with Crippen molar-refractivity contribution < 1.29 is 13.2 Å². The first kappa shape index (κ1) is 11.1. The van der Waals surface area contributed by atoms with Crippen molar-refractivity contribution in [2.45, 2.75) is 12.1 Å². The van der Waals surface area contributed by atoms with E-state index in [1.807, 2.05) is 0 Å². The maximum atomic E-state index is 11.0. The van der Waals surface area contributed by atoms with E-state index in [0.717, 1.165) is 12.5 Å². The van der Waals surface area contributed by atoms with E-state index in [-0.39, 0.29) is 16.4 Å². The Morgan fingerprint density at radius 2 is 2.07 bits per heavy atom. The van der Waals surface area contributed by atoms with Gasteiger partial charge in [-0.1, -0.05) is 0 Å². The lowest BCUT2D eigenvalue weighted by molar-refractivity contribution is 0.108. The summed E-state index contributed by atoms with van der Waals surface area (Å²) in [7, 11) is -3.44. The summed E-state index contributed by atoms with van der Waals surface area (Å²) in [6.45, 7) is 1.49. The van der Waals surface area contributed by atoms with Gasteiger partial charge in [0.25, 0.3) is 5.24 Å². The molecule has 0 spiro atoms. The van der Waals surface area contributed by atoms with Crippen LogP contribution in [-0.4, -0.2) is 29.9 Å². The number of halogens is 1. The van der Waals surface area contributed by atoms with E-state index in [9.17, 15) is 13.2 Å². The molecule has 0 amide bonds. The maximum absolute atomic E-state index is 11.0. The van der Waals surface area contributed by atoms with E-state index in [1.54, 1.807) is 0 Å². The van der Waals surface area contributed by atoms with Crippen LogP contribution in [0.5, 0.6) is 0 Å². The van der Waals surface area contributed by atoms with Gasteiger partial charge in [0.2, 0.25) is 15.0 Å². The highest BCUT2D eigenvalue weighted by molar-refractivity contribution is 7.90. The van der Waals surface area contributed by atoms with Crippen LogP contribution in [0.4, 0.5) is 0 Å². The zero-order valence-electron chi connectivity index (χ0n) is 7.48. The minimum absolute atomic E-state index is 0.110. The van der Waals surface area contributed by atoms with Gasteiger partial charge in [0.15, 0.2) is 0 Å². The smallest absolute Gasteiger partial charge is 0.255 e. The first-order valence-corrected chi connectivity index (χ1v) is 5.83. The lowest BCUT2D eigenvalue weighted by atomic mass is 10.3. The fourth-order valence-electron chi connectivity index (χ4n) is 0.817. The van der Waals surface area contributed by atoms with Crippen molar-refractivity contribution >= 4 is 26.7 Å². The first-order chi connectivity index (χ1) is 6.32. The highest BCUT2D eigenvalue weighted by Gasteiger charge is 2.14. The molecule has 1 aromatic rings. The van der Waals surface area contributed by atoms with Crippen LogP contribution in [0.3, 0.4) is 0 Å². The van der Waals surface area contributed by atoms with Crippen LogP contribution in [0.15, 0.2) is 11.4 Å². The molecule has 0 unspecified atom stereocenters. The summed E-state index contributed by atoms with van der Waals surface area (Å²) in [5.41, 5.74) is 0.361. The average Bonchev–Trinajstić information content (AvgIpc) is 2.01. The van der Waals surface area contributed by atoms with Crippen molar-refractivity contribution in [3.63, 3.8) is 0 Å². The molecular formula is C7H7ClN2O3S. The molecule has 0 bridgehead atoms. The molecule has 14 heavy (non-hydrogen) atoms. The van der Waals surface area contributed by atoms with Gasteiger partial charge in [-0.3, -0.25) is 4.79 Å². The summed E-state index contributed by atoms with van der Waals surface area (Å²) < 4.78 is 22.0. The second-order valence-electron chi connectivity index (χ2n) is 2.70. The third-order valence-electron chi connectivity index (χ3n) is 1.50. The van der Waals surface area contributed by atoms with E-state index in [4.69, 9.17) is 11.6 Å². The SMILES string of the molecule is Cc1nc(S(C)(=O)=O)ncc1C(=O)Cl. The molecule has 0 radical (unpaired) electrons. The van der Waals surface area contributed by atoms with Crippen LogP contribution in [-0.2, 0) is 9.84 Å². The molecule has 0 saturated heterocycles. The Morgan fingerprint density at radius 3 is 2.43 bits per heavy atom. The zero-order valence-corrected chi connectivity index (χ0v) is 9.06. The number of rotatable bonds is 2. The number of sulfone groups is 1. The molecule has 0 aliphatic rings. The maximum Gasteiger partial charge on any atom is 0.255 e. The summed E-state index contributed by atoms with van der Waals surface area (Å²) in [5, 5.41) is -1.01. The Kier molecular flexibility index (Phi) is 2.86. The van der Waals surface area contributed by atoms with Crippen LogP contribution in [0.25, 0.3) is 0 Å². The molecule has 1 rings (SSSR count). The number of carbonyl (C=O) groups is 1. The Labute approximate surface area is 86.1 Å². The fourth-order valence-corrected chi connectivity index (χ4v) is 1.55. The van der Waals surface area contributed by atoms with Gasteiger partial charge < -0.3 is 0 Å². The van der Waals surface area contributed by atoms with Crippen LogP contribution in [0.1, 0.15) is 16.1 Å². The van der Waals surface area contributed by atoms with Gasteiger partial charge in [-0.05, 0) is 18.5 Å².